The number of amides is 4. The van der Waals surface area contributed by atoms with Crippen LogP contribution in [-0.4, -0.2) is 135 Å². The quantitative estimate of drug-likeness (QED) is 0.0222. The molecule has 0 bridgehead atoms. The Bertz CT molecular complexity index is 2660. The number of hydrogen-bond acceptors (Lipinski definition) is 15. The number of carbonyl (C=O) groups excluding carboxylic acids is 4. The molecule has 3 aliphatic rings. The van der Waals surface area contributed by atoms with Crippen molar-refractivity contribution in [3.63, 3.8) is 0 Å². The number of benzene rings is 4. The fourth-order valence-electron chi connectivity index (χ4n) is 9.06. The van der Waals surface area contributed by atoms with Crippen LogP contribution in [0.3, 0.4) is 0 Å². The zero-order chi connectivity index (χ0) is 52.9. The summed E-state index contributed by atoms with van der Waals surface area (Å²) in [4.78, 5) is 68.1. The Morgan fingerprint density at radius 2 is 1.49 bits per heavy atom. The fourth-order valence-corrected chi connectivity index (χ4v) is 11.4. The summed E-state index contributed by atoms with van der Waals surface area (Å²) in [6.07, 6.45) is 0.562. The summed E-state index contributed by atoms with van der Waals surface area (Å²) in [6.45, 7) is 12.0. The summed E-state index contributed by atoms with van der Waals surface area (Å²) in [7, 11) is 5.85. The van der Waals surface area contributed by atoms with Crippen LogP contribution in [0.4, 0.5) is 21.0 Å². The van der Waals surface area contributed by atoms with E-state index in [0.717, 1.165) is 27.8 Å². The lowest BCUT2D eigenvalue weighted by Gasteiger charge is -2.33. The minimum absolute atomic E-state index is 0.0243. The molecule has 0 aromatic heterocycles. The number of nitrogens with one attached hydrogen (secondary N) is 2. The fraction of sp³-hybridized carbons (Fsp3) is 0.426. The number of aromatic carboxylic acids is 1. The smallest absolute Gasteiger partial charge is 0.412 e. The molecule has 4 amide bonds. The molecule has 396 valence electrons. The molecule has 2 heterocycles. The zero-order valence-electron chi connectivity index (χ0n) is 42.4. The van der Waals surface area contributed by atoms with E-state index >= 15 is 0 Å². The van der Waals surface area contributed by atoms with Crippen LogP contribution in [0.15, 0.2) is 84.9 Å². The molecule has 5 N–H and O–H groups in total. The van der Waals surface area contributed by atoms with E-state index in [4.69, 9.17) is 38.9 Å². The second-order valence-corrected chi connectivity index (χ2v) is 21.6. The number of fused-ring (bicyclic) bond motifs is 3. The van der Waals surface area contributed by atoms with E-state index in [-0.39, 0.29) is 84.7 Å². The molecule has 2 atom stereocenters. The molecule has 7 rings (SSSR count). The highest BCUT2D eigenvalue weighted by atomic mass is 33.1. The molecule has 1 unspecified atom stereocenters. The summed E-state index contributed by atoms with van der Waals surface area (Å²) >= 11 is 0. The van der Waals surface area contributed by atoms with Gasteiger partial charge in [-0.3, -0.25) is 19.8 Å². The molecule has 2 aliphatic heterocycles. The van der Waals surface area contributed by atoms with Crippen LogP contribution in [0.2, 0.25) is 0 Å². The second-order valence-electron chi connectivity index (χ2n) is 18.5. The average Bonchev–Trinajstić information content (AvgIpc) is 4.12. The number of methoxy groups -OCH3 is 2. The highest BCUT2D eigenvalue weighted by Gasteiger charge is 2.45. The molecule has 4 aromatic rings. The van der Waals surface area contributed by atoms with Crippen LogP contribution in [0.5, 0.6) is 23.0 Å². The summed E-state index contributed by atoms with van der Waals surface area (Å²) < 4.78 is 40.3. The van der Waals surface area contributed by atoms with Crippen LogP contribution in [0.25, 0.3) is 11.1 Å². The molecule has 1 aliphatic carbocycles. The molecule has 0 spiro atoms. The van der Waals surface area contributed by atoms with E-state index in [0.29, 0.717) is 69.1 Å². The minimum Gasteiger partial charge on any atom is -0.493 e. The van der Waals surface area contributed by atoms with Gasteiger partial charge in [0.05, 0.1) is 68.2 Å². The van der Waals surface area contributed by atoms with Crippen molar-refractivity contribution in [3.8, 4) is 34.1 Å². The summed E-state index contributed by atoms with van der Waals surface area (Å²) in [5.74, 6) is -0.122. The number of carbonyl (C=O) groups is 5. The molecule has 0 saturated carbocycles. The second kappa shape index (κ2) is 25.4. The number of hydrogen-bond donors (Lipinski definition) is 4. The first-order chi connectivity index (χ1) is 35.6. The summed E-state index contributed by atoms with van der Waals surface area (Å²) in [5.41, 5.74) is 12.0. The molecule has 18 nitrogen and oxygen atoms in total. The van der Waals surface area contributed by atoms with Gasteiger partial charge in [0.1, 0.15) is 13.2 Å². The number of nitrogen functional groups attached to an aromatic ring is 1. The summed E-state index contributed by atoms with van der Waals surface area (Å²) in [5, 5.41) is 15.2. The Labute approximate surface area is 439 Å². The molecule has 0 radical (unpaired) electrons. The van der Waals surface area contributed by atoms with Gasteiger partial charge in [-0.2, -0.15) is 0 Å². The van der Waals surface area contributed by atoms with Crippen molar-refractivity contribution in [2.45, 2.75) is 75.8 Å². The standard InChI is InChI=1S/C54H65N5O13S2/c1-7-56-48(60)19-24-73-74-54(3,4)32-72-52(64)57-42-29-47(45(67-6)27-39(42)51(62)63)69-22-14-8-13-21-68-46-28-41(55)38(26-44(46)66-5)49(61)59-30-33(2)25-43(59)50-58(20-23-70-50)53(65)71-31-40-36-17-11-9-15-34(36)35-16-10-12-18-37(35)40/h9-12,15-18,26-29,40,43,50H,2,7-8,13-14,19-25,30-32,55H2,1,3-6H3,(H,56,60)(H,57,64)(H,62,63)/t43-,50?/m0/s1. The van der Waals surface area contributed by atoms with Gasteiger partial charge in [-0.25, -0.2) is 14.4 Å². The van der Waals surface area contributed by atoms with E-state index in [2.05, 4.69) is 41.5 Å². The maximum absolute atomic E-state index is 14.3. The lowest BCUT2D eigenvalue weighted by Crippen LogP contribution is -2.51. The topological polar surface area (TPSA) is 227 Å². The van der Waals surface area contributed by atoms with E-state index in [9.17, 15) is 29.1 Å². The SMILES string of the molecule is C=C1C[C@@H](C2OCCN2C(=O)OCC2c3ccccc3-c3ccccc32)N(C(=O)c2cc(OC)c(OCCCCCOc3cc(NC(=O)OCC(C)(C)SSCCC(=O)NCC)c(C(=O)O)cc3OC)cc2N)C1. The van der Waals surface area contributed by atoms with Gasteiger partial charge in [-0.1, -0.05) is 82.3 Å². The largest absolute Gasteiger partial charge is 0.493 e. The monoisotopic (exact) mass is 1060 g/mol. The number of unbranched alkanes of at least 4 members (excludes halogenated alkanes) is 2. The Hall–Kier alpha value is -6.77. The summed E-state index contributed by atoms with van der Waals surface area (Å²) in [6, 6.07) is 21.6. The van der Waals surface area contributed by atoms with Gasteiger partial charge in [-0.05, 0) is 74.8 Å². The molecule has 4 aromatic carbocycles. The Morgan fingerprint density at radius 3 is 2.12 bits per heavy atom. The molecular formula is C54H65N5O13S2. The Balaban J connectivity index is 0.887. The first-order valence-electron chi connectivity index (χ1n) is 24.5. The highest BCUT2D eigenvalue weighted by Crippen LogP contribution is 2.45. The maximum atomic E-state index is 14.3. The predicted molar refractivity (Wildman–Crippen MR) is 285 cm³/mol. The van der Waals surface area contributed by atoms with Gasteiger partial charge in [0.2, 0.25) is 5.91 Å². The third-order valence-corrected chi connectivity index (χ3v) is 15.9. The van der Waals surface area contributed by atoms with Crippen molar-refractivity contribution in [1.29, 1.82) is 0 Å². The van der Waals surface area contributed by atoms with Gasteiger partial charge in [0.15, 0.2) is 29.2 Å². The molecular weight excluding hydrogens is 991 g/mol. The number of carboxylic acid groups (broad SMARTS) is 1. The Kier molecular flexibility index (Phi) is 18.9. The third kappa shape index (κ3) is 13.5. The van der Waals surface area contributed by atoms with Crippen molar-refractivity contribution in [2.75, 3.05) is 83.7 Å². The van der Waals surface area contributed by atoms with E-state index in [1.807, 2.05) is 45.0 Å². The number of likely N-dealkylation sites (tertiary alicyclic amines) is 1. The van der Waals surface area contributed by atoms with Crippen LogP contribution >= 0.6 is 21.6 Å². The first kappa shape index (κ1) is 55.0. The maximum Gasteiger partial charge on any atom is 0.412 e. The van der Waals surface area contributed by atoms with Crippen molar-refractivity contribution in [2.24, 2.45) is 0 Å². The molecule has 2 saturated heterocycles. The van der Waals surface area contributed by atoms with Crippen LogP contribution in [0, 0.1) is 0 Å². The molecule has 20 heteroatoms. The van der Waals surface area contributed by atoms with Crippen molar-refractivity contribution < 1.29 is 62.2 Å². The lowest BCUT2D eigenvalue weighted by molar-refractivity contribution is -0.120. The van der Waals surface area contributed by atoms with Crippen LogP contribution in [0.1, 0.15) is 90.6 Å². The molecule has 2 fully saturated rings. The van der Waals surface area contributed by atoms with Gasteiger partial charge in [0, 0.05) is 55.1 Å². The van der Waals surface area contributed by atoms with E-state index in [1.165, 1.54) is 47.9 Å². The predicted octanol–water partition coefficient (Wildman–Crippen LogP) is 9.23. The zero-order valence-corrected chi connectivity index (χ0v) is 44.0. The van der Waals surface area contributed by atoms with Crippen molar-refractivity contribution in [1.82, 2.24) is 15.1 Å². The number of anilines is 2. The Morgan fingerprint density at radius 1 is 0.851 bits per heavy atom. The molecule has 74 heavy (non-hydrogen) atoms. The van der Waals surface area contributed by atoms with Gasteiger partial charge < -0.3 is 54.2 Å². The highest BCUT2D eigenvalue weighted by molar-refractivity contribution is 8.77. The third-order valence-electron chi connectivity index (χ3n) is 12.6. The number of nitrogens with zero attached hydrogens (tertiary/aromatic N) is 2. The van der Waals surface area contributed by atoms with Crippen molar-refractivity contribution in [3.05, 3.63) is 107 Å². The van der Waals surface area contributed by atoms with Gasteiger partial charge in [-0.15, -0.1) is 0 Å². The van der Waals surface area contributed by atoms with Crippen LogP contribution in [-0.2, 0) is 19.0 Å². The number of nitrogens with two attached hydrogens (primary N) is 1. The van der Waals surface area contributed by atoms with E-state index < -0.39 is 35.2 Å². The average molecular weight is 1060 g/mol. The number of carboxylic acids is 1. The van der Waals surface area contributed by atoms with Crippen molar-refractivity contribution >= 4 is 62.9 Å². The first-order valence-corrected chi connectivity index (χ1v) is 26.8. The van der Waals surface area contributed by atoms with E-state index in [1.54, 1.807) is 21.9 Å². The van der Waals surface area contributed by atoms with Gasteiger partial charge >= 0.3 is 18.2 Å². The normalized spacial score (nSPS) is 16.0. The number of rotatable bonds is 24. The number of ether oxygens (including phenoxy) is 7. The van der Waals surface area contributed by atoms with Gasteiger partial charge in [0.25, 0.3) is 5.91 Å². The lowest BCUT2D eigenvalue weighted by atomic mass is 9.98. The minimum atomic E-state index is -1.29. The van der Waals surface area contributed by atoms with Crippen LogP contribution < -0.4 is 35.3 Å².